The van der Waals surface area contributed by atoms with Crippen LogP contribution in [0.2, 0.25) is 5.02 Å². The van der Waals surface area contributed by atoms with Gasteiger partial charge in [0.25, 0.3) is 0 Å². The molecule has 1 aromatic heterocycles. The van der Waals surface area contributed by atoms with Gasteiger partial charge >= 0.3 is 0 Å². The van der Waals surface area contributed by atoms with E-state index in [1.54, 1.807) is 0 Å². The summed E-state index contributed by atoms with van der Waals surface area (Å²) in [7, 11) is 0. The van der Waals surface area contributed by atoms with E-state index in [2.05, 4.69) is 0 Å². The second-order valence-corrected chi connectivity index (χ2v) is 6.54. The fraction of sp³-hybridized carbons (Fsp3) is 0.200. The Balaban J connectivity index is 0.000000217. The lowest BCUT2D eigenvalue weighted by Crippen LogP contribution is -1.74. The van der Waals surface area contributed by atoms with Crippen LogP contribution in [0.1, 0.15) is 27.7 Å². The number of benzene rings is 1. The van der Waals surface area contributed by atoms with Gasteiger partial charge in [-0.15, -0.1) is 11.3 Å². The zero-order chi connectivity index (χ0) is 15.0. The van der Waals surface area contributed by atoms with Gasteiger partial charge in [0.1, 0.15) is 5.40 Å². The normalized spacial score (nSPS) is 9.30. The number of carbonyl (C=O) groups is 1. The molecule has 0 saturated carbocycles. The van der Waals surface area contributed by atoms with E-state index in [-0.39, 0.29) is 0 Å². The molecule has 0 saturated heterocycles. The Bertz CT molecular complexity index is 578. The van der Waals surface area contributed by atoms with Gasteiger partial charge in [-0.3, -0.25) is 4.79 Å². The van der Waals surface area contributed by atoms with Crippen molar-refractivity contribution in [3.63, 3.8) is 0 Å². The molecule has 1 aromatic carbocycles. The van der Waals surface area contributed by atoms with Gasteiger partial charge < -0.3 is 0 Å². The summed E-state index contributed by atoms with van der Waals surface area (Å²) < 4.78 is 0.810. The summed E-state index contributed by atoms with van der Waals surface area (Å²) in [5.74, 6) is 0. The first-order chi connectivity index (χ1) is 9.60. The van der Waals surface area contributed by atoms with Gasteiger partial charge in [0.05, 0.1) is 4.21 Å². The largest absolute Gasteiger partial charge is 0.298 e. The number of thiophene rings is 1. The highest BCUT2D eigenvalue weighted by Crippen LogP contribution is 2.30. The lowest BCUT2D eigenvalue weighted by Gasteiger charge is -1.88. The Labute approximate surface area is 132 Å². The summed E-state index contributed by atoms with van der Waals surface area (Å²) in [5.41, 5.74) is 1.89. The van der Waals surface area contributed by atoms with Crippen LogP contribution in [0.25, 0.3) is 0 Å². The van der Waals surface area contributed by atoms with Crippen LogP contribution in [0, 0.1) is 17.6 Å². The third-order valence-corrected chi connectivity index (χ3v) is 4.75. The SMILES string of the molecule is CCc1cc(C=O)c(SC#N)s1.Cc1ccc(Cl)cc1. The Morgan fingerprint density at radius 1 is 1.40 bits per heavy atom. The first kappa shape index (κ1) is 16.8. The van der Waals surface area contributed by atoms with E-state index in [0.717, 1.165) is 38.6 Å². The van der Waals surface area contributed by atoms with Gasteiger partial charge in [0.15, 0.2) is 6.29 Å². The fourth-order valence-corrected chi connectivity index (χ4v) is 3.18. The van der Waals surface area contributed by atoms with Crippen molar-refractivity contribution in [2.45, 2.75) is 24.5 Å². The van der Waals surface area contributed by atoms with Crippen molar-refractivity contribution in [3.8, 4) is 5.40 Å². The summed E-state index contributed by atoms with van der Waals surface area (Å²) in [5, 5.41) is 11.2. The topological polar surface area (TPSA) is 40.9 Å². The van der Waals surface area contributed by atoms with Gasteiger partial charge in [-0.25, -0.2) is 0 Å². The minimum atomic E-state index is 0.642. The Morgan fingerprint density at radius 3 is 2.50 bits per heavy atom. The first-order valence-corrected chi connectivity index (χ1v) is 7.97. The molecule has 2 aromatic rings. The fourth-order valence-electron chi connectivity index (χ4n) is 1.35. The maximum atomic E-state index is 10.5. The van der Waals surface area contributed by atoms with E-state index < -0.39 is 0 Å². The Hall–Kier alpha value is -1.28. The second kappa shape index (κ2) is 8.80. The van der Waals surface area contributed by atoms with Crippen molar-refractivity contribution in [1.82, 2.24) is 0 Å². The van der Waals surface area contributed by atoms with Crippen molar-refractivity contribution in [1.29, 1.82) is 5.26 Å². The van der Waals surface area contributed by atoms with Crippen molar-refractivity contribution in [3.05, 3.63) is 51.4 Å². The summed E-state index contributed by atoms with van der Waals surface area (Å²) >= 11 is 8.19. The Morgan fingerprint density at radius 2 is 2.05 bits per heavy atom. The van der Waals surface area contributed by atoms with Gasteiger partial charge in [0.2, 0.25) is 0 Å². The molecule has 0 aliphatic rings. The number of carbonyl (C=O) groups excluding carboxylic acids is 1. The van der Waals surface area contributed by atoms with Crippen LogP contribution in [0.15, 0.2) is 34.5 Å². The molecule has 0 aliphatic heterocycles. The highest BCUT2D eigenvalue weighted by atomic mass is 35.5. The number of nitrogens with zero attached hydrogens (tertiary/aromatic N) is 1. The van der Waals surface area contributed by atoms with Crippen molar-refractivity contribution < 1.29 is 4.79 Å². The zero-order valence-electron chi connectivity index (χ0n) is 11.2. The summed E-state index contributed by atoms with van der Waals surface area (Å²) in [6, 6.07) is 9.59. The van der Waals surface area contributed by atoms with E-state index in [9.17, 15) is 4.79 Å². The molecule has 2 rings (SSSR count). The number of aryl methyl sites for hydroxylation is 2. The molecule has 0 atom stereocenters. The van der Waals surface area contributed by atoms with E-state index >= 15 is 0 Å². The third-order valence-electron chi connectivity index (χ3n) is 2.40. The molecular formula is C15H14ClNOS2. The van der Waals surface area contributed by atoms with E-state index in [1.807, 2.05) is 49.6 Å². The number of hydrogen-bond donors (Lipinski definition) is 0. The minimum Gasteiger partial charge on any atom is -0.298 e. The summed E-state index contributed by atoms with van der Waals surface area (Å²) in [4.78, 5) is 11.7. The minimum absolute atomic E-state index is 0.642. The maximum absolute atomic E-state index is 10.5. The molecule has 0 amide bonds. The van der Waals surface area contributed by atoms with Crippen LogP contribution >= 0.6 is 34.7 Å². The quantitative estimate of drug-likeness (QED) is 0.434. The van der Waals surface area contributed by atoms with Gasteiger partial charge in [-0.2, -0.15) is 5.26 Å². The molecule has 0 spiro atoms. The van der Waals surface area contributed by atoms with Crippen LogP contribution in [0.5, 0.6) is 0 Å². The van der Waals surface area contributed by atoms with Crippen molar-refractivity contribution in [2.24, 2.45) is 0 Å². The van der Waals surface area contributed by atoms with Crippen molar-refractivity contribution >= 4 is 41.0 Å². The Kier molecular flexibility index (Phi) is 7.38. The first-order valence-electron chi connectivity index (χ1n) is 5.96. The number of nitriles is 1. The average molecular weight is 324 g/mol. The highest BCUT2D eigenvalue weighted by Gasteiger charge is 2.07. The third kappa shape index (κ3) is 5.38. The van der Waals surface area contributed by atoms with Gasteiger partial charge in [-0.05, 0) is 31.5 Å². The van der Waals surface area contributed by atoms with E-state index in [4.69, 9.17) is 16.9 Å². The standard InChI is InChI=1S/C8H7NOS2.C7H7Cl/c1-2-7-3-6(4-10)8(12-7)11-5-9;1-6-2-4-7(8)5-3-6/h3-4H,2H2,1H3;2-5H,1H3. The molecule has 5 heteroatoms. The van der Waals surface area contributed by atoms with Crippen molar-refractivity contribution in [2.75, 3.05) is 0 Å². The number of hydrogen-bond acceptors (Lipinski definition) is 4. The highest BCUT2D eigenvalue weighted by molar-refractivity contribution is 8.05. The predicted molar refractivity (Wildman–Crippen MR) is 86.7 cm³/mol. The monoisotopic (exact) mass is 323 g/mol. The second-order valence-electron chi connectivity index (χ2n) is 3.92. The molecule has 1 heterocycles. The number of aldehydes is 1. The smallest absolute Gasteiger partial charge is 0.152 e. The molecule has 0 aliphatic carbocycles. The van der Waals surface area contributed by atoms with Gasteiger partial charge in [-0.1, -0.05) is 36.2 Å². The van der Waals surface area contributed by atoms with E-state index in [1.165, 1.54) is 16.9 Å². The number of thiocyanates is 1. The lowest BCUT2D eigenvalue weighted by molar-refractivity contribution is 0.112. The predicted octanol–water partition coefficient (Wildman–Crippen LogP) is 5.34. The summed E-state index contributed by atoms with van der Waals surface area (Å²) in [6.07, 6.45) is 1.72. The van der Waals surface area contributed by atoms with Crippen LogP contribution in [0.4, 0.5) is 0 Å². The van der Waals surface area contributed by atoms with Crippen LogP contribution < -0.4 is 0 Å². The molecule has 0 fully saturated rings. The molecule has 0 N–H and O–H groups in total. The summed E-state index contributed by atoms with van der Waals surface area (Å²) in [6.45, 7) is 4.07. The molecule has 0 unspecified atom stereocenters. The molecule has 104 valence electrons. The van der Waals surface area contributed by atoms with Crippen LogP contribution in [0.3, 0.4) is 0 Å². The lowest BCUT2D eigenvalue weighted by atomic mass is 10.2. The molecular weight excluding hydrogens is 310 g/mol. The van der Waals surface area contributed by atoms with Crippen LogP contribution in [-0.4, -0.2) is 6.29 Å². The number of halogens is 1. The number of thioether (sulfide) groups is 1. The molecule has 0 bridgehead atoms. The van der Waals surface area contributed by atoms with Gasteiger partial charge in [0, 0.05) is 27.2 Å². The zero-order valence-corrected chi connectivity index (χ0v) is 13.6. The molecule has 0 radical (unpaired) electrons. The molecule has 20 heavy (non-hydrogen) atoms. The molecule has 2 nitrogen and oxygen atoms in total. The van der Waals surface area contributed by atoms with Crippen LogP contribution in [-0.2, 0) is 6.42 Å². The maximum Gasteiger partial charge on any atom is 0.152 e. The average Bonchev–Trinajstić information content (AvgIpc) is 2.86. The number of rotatable bonds is 3. The van der Waals surface area contributed by atoms with E-state index in [0.29, 0.717) is 5.56 Å².